The van der Waals surface area contributed by atoms with E-state index >= 15 is 0 Å². The minimum Gasteiger partial charge on any atom is -0.354 e. The van der Waals surface area contributed by atoms with Gasteiger partial charge in [0, 0.05) is 12.5 Å². The summed E-state index contributed by atoms with van der Waals surface area (Å²) in [5, 5.41) is 2.45. The number of alkyl halides is 3. The Morgan fingerprint density at radius 1 is 1.38 bits per heavy atom. The summed E-state index contributed by atoms with van der Waals surface area (Å²) in [6.07, 6.45) is -2.17. The van der Waals surface area contributed by atoms with Crippen molar-refractivity contribution in [3.63, 3.8) is 0 Å². The number of amides is 1. The Morgan fingerprint density at radius 3 is 2.50 bits per heavy atom. The number of anilines is 1. The molecule has 24 heavy (non-hydrogen) atoms. The molecule has 0 bridgehead atoms. The number of rotatable bonds is 6. The molecule has 0 unspecified atom stereocenters. The predicted molar refractivity (Wildman–Crippen MR) is 84.4 cm³/mol. The van der Waals surface area contributed by atoms with E-state index in [1.165, 1.54) is 0 Å². The van der Waals surface area contributed by atoms with Gasteiger partial charge in [0.15, 0.2) is 0 Å². The highest BCUT2D eigenvalue weighted by molar-refractivity contribution is 7.92. The third kappa shape index (κ3) is 4.76. The largest absolute Gasteiger partial charge is 0.416 e. The number of hydrogen-bond acceptors (Lipinski definition) is 3. The number of nitrogens with one attached hydrogen (secondary N) is 1. The third-order valence-electron chi connectivity index (χ3n) is 3.50. The van der Waals surface area contributed by atoms with Gasteiger partial charge in [-0.25, -0.2) is 8.42 Å². The highest BCUT2D eigenvalue weighted by Crippen LogP contribution is 2.36. The molecule has 5 nitrogen and oxygen atoms in total. The quantitative estimate of drug-likeness (QED) is 0.820. The van der Waals surface area contributed by atoms with Gasteiger partial charge in [-0.1, -0.05) is 11.6 Å². The van der Waals surface area contributed by atoms with Crippen molar-refractivity contribution < 1.29 is 26.4 Å². The summed E-state index contributed by atoms with van der Waals surface area (Å²) in [5.41, 5.74) is -1.27. The maximum Gasteiger partial charge on any atom is 0.416 e. The molecule has 1 N–H and O–H groups in total. The minimum atomic E-state index is -4.62. The van der Waals surface area contributed by atoms with Gasteiger partial charge >= 0.3 is 6.18 Å². The molecule has 0 aromatic heterocycles. The van der Waals surface area contributed by atoms with Crippen LogP contribution in [0.2, 0.25) is 5.02 Å². The summed E-state index contributed by atoms with van der Waals surface area (Å²) >= 11 is 5.89. The van der Waals surface area contributed by atoms with Crippen LogP contribution in [0.1, 0.15) is 18.4 Å². The van der Waals surface area contributed by atoms with Crippen molar-refractivity contribution in [1.29, 1.82) is 0 Å². The molecule has 1 fully saturated rings. The molecule has 2 rings (SSSR count). The Hall–Kier alpha value is -1.48. The Labute approximate surface area is 142 Å². The fraction of sp³-hybridized carbons (Fsp3) is 0.500. The van der Waals surface area contributed by atoms with Crippen LogP contribution >= 0.6 is 11.6 Å². The fourth-order valence-corrected chi connectivity index (χ4v) is 3.32. The zero-order valence-corrected chi connectivity index (χ0v) is 14.3. The van der Waals surface area contributed by atoms with Gasteiger partial charge in [-0.2, -0.15) is 13.2 Å². The third-order valence-corrected chi connectivity index (χ3v) is 5.00. The molecule has 0 saturated heterocycles. The summed E-state index contributed by atoms with van der Waals surface area (Å²) < 4.78 is 63.2. The number of nitrogens with zero attached hydrogens (tertiary/aromatic N) is 1. The topological polar surface area (TPSA) is 66.5 Å². The molecular formula is C14H16ClF3N2O3S. The number of halogens is 4. The minimum absolute atomic E-state index is 0.0189. The smallest absolute Gasteiger partial charge is 0.354 e. The van der Waals surface area contributed by atoms with Crippen LogP contribution in [0.3, 0.4) is 0 Å². The van der Waals surface area contributed by atoms with Crippen LogP contribution in [0.4, 0.5) is 18.9 Å². The van der Waals surface area contributed by atoms with Crippen LogP contribution < -0.4 is 9.62 Å². The number of carbonyl (C=O) groups is 1. The fourth-order valence-electron chi connectivity index (χ4n) is 2.12. The summed E-state index contributed by atoms with van der Waals surface area (Å²) in [4.78, 5) is 11.6. The van der Waals surface area contributed by atoms with Gasteiger partial charge < -0.3 is 5.32 Å². The van der Waals surface area contributed by atoms with E-state index < -0.39 is 21.8 Å². The Morgan fingerprint density at radius 2 is 2.00 bits per heavy atom. The maximum atomic E-state index is 12.8. The summed E-state index contributed by atoms with van der Waals surface area (Å²) in [5.74, 6) is -0.229. The highest BCUT2D eigenvalue weighted by Gasteiger charge is 2.33. The van der Waals surface area contributed by atoms with E-state index in [9.17, 15) is 26.4 Å². The van der Waals surface area contributed by atoms with Crippen molar-refractivity contribution in [2.45, 2.75) is 19.0 Å². The Kier molecular flexibility index (Phi) is 5.34. The predicted octanol–water partition coefficient (Wildman–Crippen LogP) is 2.65. The van der Waals surface area contributed by atoms with E-state index in [1.54, 1.807) is 0 Å². The molecule has 1 aromatic carbocycles. The second kappa shape index (κ2) is 6.79. The Bertz CT molecular complexity index is 733. The van der Waals surface area contributed by atoms with Crippen LogP contribution in [0.25, 0.3) is 0 Å². The molecule has 134 valence electrons. The molecule has 0 atom stereocenters. The summed E-state index contributed by atoms with van der Waals surface area (Å²) in [7, 11) is -3.88. The van der Waals surface area contributed by atoms with Crippen molar-refractivity contribution in [2.24, 2.45) is 5.92 Å². The average Bonchev–Trinajstić information content (AvgIpc) is 3.26. The first-order valence-electron chi connectivity index (χ1n) is 7.12. The monoisotopic (exact) mass is 384 g/mol. The molecule has 1 aliphatic carbocycles. The lowest BCUT2D eigenvalue weighted by molar-refractivity contribution is -0.137. The van der Waals surface area contributed by atoms with Gasteiger partial charge in [-0.15, -0.1) is 0 Å². The normalized spacial score (nSPS) is 15.2. The van der Waals surface area contributed by atoms with Crippen LogP contribution in [-0.4, -0.2) is 33.7 Å². The number of sulfonamides is 1. The average molecular weight is 385 g/mol. The molecule has 0 radical (unpaired) electrons. The van der Waals surface area contributed by atoms with E-state index in [4.69, 9.17) is 11.6 Å². The number of hydrogen-bond donors (Lipinski definition) is 1. The van der Waals surface area contributed by atoms with Crippen LogP contribution in [0.15, 0.2) is 18.2 Å². The Balaban J connectivity index is 2.22. The first-order valence-corrected chi connectivity index (χ1v) is 9.35. The first kappa shape index (κ1) is 18.9. The van der Waals surface area contributed by atoms with Gasteiger partial charge in [-0.05, 0) is 31.0 Å². The van der Waals surface area contributed by atoms with Gasteiger partial charge in [0.2, 0.25) is 15.9 Å². The first-order chi connectivity index (χ1) is 11.0. The van der Waals surface area contributed by atoms with Crippen molar-refractivity contribution in [2.75, 3.05) is 23.7 Å². The van der Waals surface area contributed by atoms with Gasteiger partial charge in [0.1, 0.15) is 0 Å². The van der Waals surface area contributed by atoms with E-state index in [-0.39, 0.29) is 35.6 Å². The molecule has 1 amide bonds. The second-order valence-corrected chi connectivity index (χ2v) is 7.88. The molecule has 0 heterocycles. The summed E-state index contributed by atoms with van der Waals surface area (Å²) in [6.45, 7) is -0.229. The lowest BCUT2D eigenvalue weighted by atomic mass is 10.2. The highest BCUT2D eigenvalue weighted by atomic mass is 35.5. The lowest BCUT2D eigenvalue weighted by Crippen LogP contribution is -2.38. The van der Waals surface area contributed by atoms with Gasteiger partial charge in [-0.3, -0.25) is 9.10 Å². The van der Waals surface area contributed by atoms with Crippen LogP contribution in [0, 0.1) is 5.92 Å². The molecule has 10 heteroatoms. The lowest BCUT2D eigenvalue weighted by Gasteiger charge is -2.24. The van der Waals surface area contributed by atoms with Crippen LogP contribution in [-0.2, 0) is 21.0 Å². The zero-order valence-electron chi connectivity index (χ0n) is 12.7. The van der Waals surface area contributed by atoms with E-state index in [2.05, 4.69) is 5.32 Å². The molecule has 1 aromatic rings. The second-order valence-electron chi connectivity index (χ2n) is 5.56. The number of carbonyl (C=O) groups excluding carboxylic acids is 1. The molecule has 0 aliphatic heterocycles. The molecule has 1 aliphatic rings. The molecular weight excluding hydrogens is 369 g/mol. The van der Waals surface area contributed by atoms with Crippen molar-refractivity contribution in [3.8, 4) is 0 Å². The number of benzene rings is 1. The van der Waals surface area contributed by atoms with Gasteiger partial charge in [0.05, 0.1) is 29.1 Å². The van der Waals surface area contributed by atoms with E-state index in [0.29, 0.717) is 6.07 Å². The van der Waals surface area contributed by atoms with Gasteiger partial charge in [0.25, 0.3) is 0 Å². The van der Waals surface area contributed by atoms with Crippen molar-refractivity contribution in [1.82, 2.24) is 5.32 Å². The van der Waals surface area contributed by atoms with Crippen molar-refractivity contribution >= 4 is 33.2 Å². The van der Waals surface area contributed by atoms with E-state index in [0.717, 1.165) is 35.5 Å². The summed E-state index contributed by atoms with van der Waals surface area (Å²) in [6, 6.07) is 2.47. The van der Waals surface area contributed by atoms with E-state index in [1.807, 2.05) is 0 Å². The molecule has 0 spiro atoms. The standard InChI is InChI=1S/C14H16ClF3N2O3S/c1-24(22,23)20(7-6-19-13(21)9-2-3-9)12-8-10(14(16,17)18)4-5-11(12)15/h4-5,8-9H,2-3,6-7H2,1H3,(H,19,21). The maximum absolute atomic E-state index is 12.8. The van der Waals surface area contributed by atoms with Crippen LogP contribution in [0.5, 0.6) is 0 Å². The molecule has 1 saturated carbocycles. The SMILES string of the molecule is CS(=O)(=O)N(CCNC(=O)C1CC1)c1cc(C(F)(F)F)ccc1Cl. The van der Waals surface area contributed by atoms with Crippen molar-refractivity contribution in [3.05, 3.63) is 28.8 Å². The zero-order chi connectivity index (χ0) is 18.1.